The predicted octanol–water partition coefficient (Wildman–Crippen LogP) is 4.67. The van der Waals surface area contributed by atoms with E-state index in [0.29, 0.717) is 37.3 Å². The average Bonchev–Trinajstić information content (AvgIpc) is 3.54. The van der Waals surface area contributed by atoms with Crippen molar-refractivity contribution in [3.63, 3.8) is 0 Å². The number of dihydropyridines is 1. The second-order valence-corrected chi connectivity index (χ2v) is 12.7. The van der Waals surface area contributed by atoms with Gasteiger partial charge in [0.1, 0.15) is 18.5 Å². The van der Waals surface area contributed by atoms with Crippen LogP contribution in [0, 0.1) is 10.1 Å². The van der Waals surface area contributed by atoms with Crippen LogP contribution in [0.5, 0.6) is 0 Å². The lowest BCUT2D eigenvalue weighted by atomic mass is 9.81. The van der Waals surface area contributed by atoms with E-state index < -0.39 is 22.8 Å². The molecule has 0 bridgehead atoms. The van der Waals surface area contributed by atoms with Gasteiger partial charge >= 0.3 is 11.9 Å². The smallest absolute Gasteiger partial charge is 0.338 e. The summed E-state index contributed by atoms with van der Waals surface area (Å²) in [6.45, 7) is 5.15. The topological polar surface area (TPSA) is 140 Å². The van der Waals surface area contributed by atoms with E-state index >= 15 is 0 Å². The Morgan fingerprint density at radius 2 is 1.91 bits per heavy atom. The molecule has 2 aliphatic heterocycles. The number of non-ortho nitro benzene ring substituents is 1. The van der Waals surface area contributed by atoms with E-state index in [2.05, 4.69) is 16.3 Å². The molecule has 1 aromatic heterocycles. The number of esters is 2. The molecule has 2 atom stereocenters. The maximum atomic E-state index is 13.9. The molecular weight excluding hydrogens is 606 g/mol. The molecule has 0 spiro atoms. The van der Waals surface area contributed by atoms with Crippen LogP contribution in [-0.2, 0) is 32.2 Å². The Labute approximate surface area is 272 Å². The third-order valence-electron chi connectivity index (χ3n) is 8.14. The number of hydrogen-bond acceptors (Lipinski definition) is 11. The summed E-state index contributed by atoms with van der Waals surface area (Å²) in [4.78, 5) is 44.3. The fourth-order valence-corrected chi connectivity index (χ4v) is 6.69. The van der Waals surface area contributed by atoms with Crippen LogP contribution in [-0.4, -0.2) is 66.1 Å². The number of likely N-dealkylation sites (tertiary alicyclic amines) is 1. The van der Waals surface area contributed by atoms with Gasteiger partial charge in [0.15, 0.2) is 0 Å². The van der Waals surface area contributed by atoms with Crippen molar-refractivity contribution >= 4 is 29.0 Å². The number of ether oxygens (including phenoxy) is 2. The quantitative estimate of drug-likeness (QED) is 0.162. The number of hydrogen-bond donors (Lipinski definition) is 2. The summed E-state index contributed by atoms with van der Waals surface area (Å²) in [5, 5.41) is 16.7. The summed E-state index contributed by atoms with van der Waals surface area (Å²) in [6, 6.07) is 19.9. The van der Waals surface area contributed by atoms with E-state index in [0.717, 1.165) is 25.1 Å². The standard InChI is InChI=1S/C34H39N5O6S/c1-23-29(33(40)44-17-16-37(2)20-24-9-4-3-5-10-24)30(25-11-6-12-26(19-25)39(42)43)31(32(35)36-23)34(41)45-27-13-7-15-38(21-27)22-28-14-8-18-46-28/h3-6,8-12,14,18-19,27,30,36H,7,13,15-17,20-22,35H2,1-2H3. The third kappa shape index (κ3) is 8.19. The molecule has 12 heteroatoms. The summed E-state index contributed by atoms with van der Waals surface area (Å²) < 4.78 is 11.8. The Kier molecular flexibility index (Phi) is 10.8. The highest BCUT2D eigenvalue weighted by molar-refractivity contribution is 7.09. The van der Waals surface area contributed by atoms with Crippen molar-refractivity contribution in [1.82, 2.24) is 15.1 Å². The van der Waals surface area contributed by atoms with Crippen LogP contribution in [0.1, 0.15) is 41.7 Å². The number of benzene rings is 2. The molecule has 0 radical (unpaired) electrons. The zero-order chi connectivity index (χ0) is 32.6. The van der Waals surface area contributed by atoms with Crippen LogP contribution in [0.3, 0.4) is 0 Å². The van der Waals surface area contributed by atoms with Crippen LogP contribution < -0.4 is 11.1 Å². The average molecular weight is 646 g/mol. The number of nitrogens with zero attached hydrogens (tertiary/aromatic N) is 3. The zero-order valence-electron chi connectivity index (χ0n) is 26.0. The number of carbonyl (C=O) groups excluding carboxylic acids is 2. The van der Waals surface area contributed by atoms with Crippen molar-refractivity contribution in [2.24, 2.45) is 5.73 Å². The van der Waals surface area contributed by atoms with Gasteiger partial charge in [0, 0.05) is 48.9 Å². The van der Waals surface area contributed by atoms with E-state index in [1.807, 2.05) is 53.7 Å². The molecular formula is C34H39N5O6S. The molecule has 3 aromatic rings. The minimum atomic E-state index is -1.03. The molecule has 46 heavy (non-hydrogen) atoms. The lowest BCUT2D eigenvalue weighted by Crippen LogP contribution is -2.42. The zero-order valence-corrected chi connectivity index (χ0v) is 26.8. The van der Waals surface area contributed by atoms with Crippen molar-refractivity contribution in [2.75, 3.05) is 33.3 Å². The number of nitrogens with two attached hydrogens (primary N) is 1. The number of rotatable bonds is 12. The van der Waals surface area contributed by atoms with Gasteiger partial charge in [0.25, 0.3) is 5.69 Å². The van der Waals surface area contributed by atoms with Crippen LogP contribution in [0.15, 0.2) is 94.8 Å². The third-order valence-corrected chi connectivity index (χ3v) is 9.01. The van der Waals surface area contributed by atoms with E-state index in [9.17, 15) is 19.7 Å². The predicted molar refractivity (Wildman–Crippen MR) is 175 cm³/mol. The summed E-state index contributed by atoms with van der Waals surface area (Å²) in [5.74, 6) is -2.32. The first-order chi connectivity index (χ1) is 22.2. The summed E-state index contributed by atoms with van der Waals surface area (Å²) in [7, 11) is 1.93. The Hall–Kier alpha value is -4.52. The molecule has 2 unspecified atom stereocenters. The first-order valence-corrected chi connectivity index (χ1v) is 16.1. The van der Waals surface area contributed by atoms with E-state index in [4.69, 9.17) is 15.2 Å². The Balaban J connectivity index is 1.35. The molecule has 0 aliphatic carbocycles. The fourth-order valence-electron chi connectivity index (χ4n) is 5.94. The summed E-state index contributed by atoms with van der Waals surface area (Å²) in [5.41, 5.74) is 8.31. The lowest BCUT2D eigenvalue weighted by Gasteiger charge is -2.34. The van der Waals surface area contributed by atoms with Gasteiger partial charge in [0.2, 0.25) is 0 Å². The molecule has 1 fully saturated rings. The molecule has 5 rings (SSSR count). The highest BCUT2D eigenvalue weighted by Gasteiger charge is 2.40. The van der Waals surface area contributed by atoms with Crippen molar-refractivity contribution in [1.29, 1.82) is 0 Å². The van der Waals surface area contributed by atoms with Crippen LogP contribution >= 0.6 is 11.3 Å². The number of thiophene rings is 1. The largest absolute Gasteiger partial charge is 0.461 e. The lowest BCUT2D eigenvalue weighted by molar-refractivity contribution is -0.384. The molecule has 2 aromatic carbocycles. The Morgan fingerprint density at radius 3 is 2.65 bits per heavy atom. The number of allylic oxidation sites excluding steroid dienone is 1. The minimum Gasteiger partial charge on any atom is -0.461 e. The van der Waals surface area contributed by atoms with Crippen molar-refractivity contribution < 1.29 is 24.0 Å². The number of piperidine rings is 1. The highest BCUT2D eigenvalue weighted by atomic mass is 32.1. The molecule has 3 heterocycles. The molecule has 0 amide bonds. The first kappa shape index (κ1) is 32.9. The Morgan fingerprint density at radius 1 is 1.11 bits per heavy atom. The molecule has 1 saturated heterocycles. The van der Waals surface area contributed by atoms with Gasteiger partial charge in [-0.3, -0.25) is 19.9 Å². The number of nitrogens with one attached hydrogen (secondary N) is 1. The van der Waals surface area contributed by atoms with Crippen LogP contribution in [0.25, 0.3) is 0 Å². The van der Waals surface area contributed by atoms with Gasteiger partial charge in [-0.15, -0.1) is 11.3 Å². The van der Waals surface area contributed by atoms with E-state index in [1.54, 1.807) is 24.3 Å². The molecule has 242 valence electrons. The van der Waals surface area contributed by atoms with Gasteiger partial charge in [0.05, 0.1) is 22.0 Å². The molecule has 0 saturated carbocycles. The maximum Gasteiger partial charge on any atom is 0.338 e. The van der Waals surface area contributed by atoms with Gasteiger partial charge < -0.3 is 20.5 Å². The monoisotopic (exact) mass is 645 g/mol. The van der Waals surface area contributed by atoms with E-state index in [1.165, 1.54) is 23.1 Å². The fraction of sp³-hybridized carbons (Fsp3) is 0.353. The highest BCUT2D eigenvalue weighted by Crippen LogP contribution is 2.39. The number of likely N-dealkylation sites (N-methyl/N-ethyl adjacent to an activating group) is 1. The molecule has 11 nitrogen and oxygen atoms in total. The van der Waals surface area contributed by atoms with E-state index in [-0.39, 0.29) is 35.4 Å². The SMILES string of the molecule is CC1=C(C(=O)OCCN(C)Cc2ccccc2)C(c2cccc([N+](=O)[O-])c2)C(C(=O)OC2CCCN(Cc3cccs3)C2)=C(N)N1. The second-order valence-electron chi connectivity index (χ2n) is 11.6. The summed E-state index contributed by atoms with van der Waals surface area (Å²) in [6.07, 6.45) is 1.17. The number of nitro benzene ring substituents is 1. The van der Waals surface area contributed by atoms with Crippen molar-refractivity contribution in [3.8, 4) is 0 Å². The van der Waals surface area contributed by atoms with Gasteiger partial charge in [-0.05, 0) is 55.9 Å². The van der Waals surface area contributed by atoms with Gasteiger partial charge in [-0.25, -0.2) is 9.59 Å². The molecule has 2 aliphatic rings. The first-order valence-electron chi connectivity index (χ1n) is 15.3. The number of nitro groups is 1. The summed E-state index contributed by atoms with van der Waals surface area (Å²) >= 11 is 1.68. The van der Waals surface area contributed by atoms with Crippen LogP contribution in [0.4, 0.5) is 5.69 Å². The maximum absolute atomic E-state index is 13.9. The van der Waals surface area contributed by atoms with Crippen molar-refractivity contribution in [3.05, 3.63) is 121 Å². The van der Waals surface area contributed by atoms with Gasteiger partial charge in [-0.2, -0.15) is 0 Å². The number of carbonyl (C=O) groups is 2. The van der Waals surface area contributed by atoms with Gasteiger partial charge in [-0.1, -0.05) is 48.5 Å². The minimum absolute atomic E-state index is 0.0228. The molecule has 3 N–H and O–H groups in total. The van der Waals surface area contributed by atoms with Crippen LogP contribution in [0.2, 0.25) is 0 Å². The second kappa shape index (κ2) is 15.2. The normalized spacial score (nSPS) is 18.8. The Bertz CT molecular complexity index is 1610. The van der Waals surface area contributed by atoms with Crippen molar-refractivity contribution in [2.45, 2.75) is 44.9 Å².